The first-order valence-electron chi connectivity index (χ1n) is 9.82. The highest BCUT2D eigenvalue weighted by Gasteiger charge is 2.36. The summed E-state index contributed by atoms with van der Waals surface area (Å²) in [6, 6.07) is 9.59. The van der Waals surface area contributed by atoms with Gasteiger partial charge in [0.05, 0.1) is 31.2 Å². The van der Waals surface area contributed by atoms with E-state index in [4.69, 9.17) is 9.47 Å². The van der Waals surface area contributed by atoms with Crippen LogP contribution in [0.2, 0.25) is 0 Å². The average molecular weight is 460 g/mol. The van der Waals surface area contributed by atoms with Crippen LogP contribution in [0.4, 0.5) is 18.9 Å². The van der Waals surface area contributed by atoms with E-state index in [0.717, 1.165) is 12.1 Å². The number of benzene rings is 2. The van der Waals surface area contributed by atoms with Crippen LogP contribution >= 0.6 is 0 Å². The number of hydrogen-bond acceptors (Lipinski definition) is 4. The summed E-state index contributed by atoms with van der Waals surface area (Å²) in [4.78, 5) is 24.4. The van der Waals surface area contributed by atoms with E-state index in [-0.39, 0.29) is 23.4 Å². The van der Waals surface area contributed by atoms with Crippen LogP contribution in [-0.4, -0.2) is 35.8 Å². The quantitative estimate of drug-likeness (QED) is 0.577. The minimum Gasteiger partial charge on any atom is -0.493 e. The molecule has 0 aliphatic carbocycles. The van der Waals surface area contributed by atoms with Crippen molar-refractivity contribution in [2.24, 2.45) is 0 Å². The van der Waals surface area contributed by atoms with Gasteiger partial charge in [0.25, 0.3) is 0 Å². The van der Waals surface area contributed by atoms with Gasteiger partial charge in [0.1, 0.15) is 5.56 Å². The third-order valence-electron chi connectivity index (χ3n) is 5.52. The number of anilines is 1. The molecule has 1 aliphatic rings. The van der Waals surface area contributed by atoms with Gasteiger partial charge in [-0.1, -0.05) is 12.1 Å². The number of carbonyl (C=O) groups excluding carboxylic acids is 1. The van der Waals surface area contributed by atoms with Gasteiger partial charge in [-0.2, -0.15) is 13.2 Å². The lowest BCUT2D eigenvalue weighted by Gasteiger charge is -2.27. The van der Waals surface area contributed by atoms with Gasteiger partial charge in [-0.05, 0) is 35.9 Å². The molecule has 0 bridgehead atoms. The Kier molecular flexibility index (Phi) is 5.52. The predicted molar refractivity (Wildman–Crippen MR) is 112 cm³/mol. The Morgan fingerprint density at radius 1 is 1.12 bits per heavy atom. The Bertz CT molecular complexity index is 1250. The number of carboxylic acids is 1. The largest absolute Gasteiger partial charge is 0.493 e. The van der Waals surface area contributed by atoms with Crippen LogP contribution in [0.15, 0.2) is 48.7 Å². The molecule has 2 aromatic carbocycles. The molecule has 0 fully saturated rings. The number of aromatic carboxylic acids is 1. The number of carbonyl (C=O) groups is 2. The van der Waals surface area contributed by atoms with Crippen molar-refractivity contribution in [3.63, 3.8) is 0 Å². The number of rotatable bonds is 5. The molecule has 7 nitrogen and oxygen atoms in total. The van der Waals surface area contributed by atoms with E-state index < -0.39 is 29.5 Å². The number of ether oxygens (including phenoxy) is 2. The highest BCUT2D eigenvalue weighted by molar-refractivity contribution is 6.04. The summed E-state index contributed by atoms with van der Waals surface area (Å²) in [5.74, 6) is -1.51. The first-order chi connectivity index (χ1) is 15.6. The molecule has 2 heterocycles. The standard InChI is InChI=1S/C23H19F3N2O5/c1-32-17-7-6-12(8-18(17)33-2)15-10-19(29)27-20-16(22(30)31)11-28(21(15)20)14-5-3-4-13(9-14)23(24,25)26/h3-9,11,15H,10H2,1-2H3,(H,27,29)(H,30,31). The van der Waals surface area contributed by atoms with Crippen molar-refractivity contribution in [1.29, 1.82) is 0 Å². The van der Waals surface area contributed by atoms with Crippen molar-refractivity contribution in [3.05, 3.63) is 71.0 Å². The van der Waals surface area contributed by atoms with E-state index in [0.29, 0.717) is 22.8 Å². The maximum Gasteiger partial charge on any atom is 0.416 e. The summed E-state index contributed by atoms with van der Waals surface area (Å²) < 4.78 is 51.9. The van der Waals surface area contributed by atoms with Crippen molar-refractivity contribution < 1.29 is 37.3 Å². The molecule has 0 spiro atoms. The lowest BCUT2D eigenvalue weighted by molar-refractivity contribution is -0.137. The molecule has 3 aromatic rings. The number of carboxylic acid groups (broad SMARTS) is 1. The summed E-state index contributed by atoms with van der Waals surface area (Å²) in [6.45, 7) is 0. The van der Waals surface area contributed by atoms with Crippen molar-refractivity contribution in [3.8, 4) is 17.2 Å². The zero-order valence-corrected chi connectivity index (χ0v) is 17.6. The van der Waals surface area contributed by atoms with Crippen LogP contribution in [0.5, 0.6) is 11.5 Å². The number of halogens is 3. The first-order valence-corrected chi connectivity index (χ1v) is 9.82. The number of amides is 1. The Hall–Kier alpha value is -3.95. The van der Waals surface area contributed by atoms with Crippen molar-refractivity contribution in [2.75, 3.05) is 19.5 Å². The number of aromatic nitrogens is 1. The summed E-state index contributed by atoms with van der Waals surface area (Å²) in [5.41, 5.74) is 0.0551. The highest BCUT2D eigenvalue weighted by Crippen LogP contribution is 2.44. The van der Waals surface area contributed by atoms with Gasteiger partial charge in [-0.3, -0.25) is 4.79 Å². The van der Waals surface area contributed by atoms with Crippen LogP contribution in [-0.2, 0) is 11.0 Å². The Morgan fingerprint density at radius 2 is 1.85 bits per heavy atom. The molecule has 4 rings (SSSR count). The van der Waals surface area contributed by atoms with Crippen LogP contribution in [0.25, 0.3) is 5.69 Å². The SMILES string of the molecule is COc1ccc(C2CC(=O)Nc3c(C(=O)O)cn(-c4cccc(C(F)(F)F)c4)c32)cc1OC. The zero-order valence-electron chi connectivity index (χ0n) is 17.6. The Balaban J connectivity index is 1.95. The predicted octanol–water partition coefficient (Wildman–Crippen LogP) is 4.69. The second kappa shape index (κ2) is 8.19. The molecular formula is C23H19F3N2O5. The van der Waals surface area contributed by atoms with Gasteiger partial charge in [0, 0.05) is 24.2 Å². The molecule has 0 saturated carbocycles. The number of fused-ring (bicyclic) bond motifs is 1. The summed E-state index contributed by atoms with van der Waals surface area (Å²) in [6.07, 6.45) is -3.39. The highest BCUT2D eigenvalue weighted by atomic mass is 19.4. The Labute approximate surface area is 186 Å². The molecule has 1 aliphatic heterocycles. The summed E-state index contributed by atoms with van der Waals surface area (Å²) in [5, 5.41) is 12.3. The van der Waals surface area contributed by atoms with Crippen molar-refractivity contribution >= 4 is 17.6 Å². The van der Waals surface area contributed by atoms with Crippen molar-refractivity contribution in [2.45, 2.75) is 18.5 Å². The van der Waals surface area contributed by atoms with E-state index in [2.05, 4.69) is 5.32 Å². The van der Waals surface area contributed by atoms with Gasteiger partial charge in [0.2, 0.25) is 5.91 Å². The molecule has 1 amide bonds. The summed E-state index contributed by atoms with van der Waals surface area (Å²) >= 11 is 0. The van der Waals surface area contributed by atoms with Crippen LogP contribution < -0.4 is 14.8 Å². The number of nitrogens with zero attached hydrogens (tertiary/aromatic N) is 1. The number of hydrogen-bond donors (Lipinski definition) is 2. The van der Waals surface area contributed by atoms with Gasteiger partial charge in [-0.25, -0.2) is 4.79 Å². The smallest absolute Gasteiger partial charge is 0.416 e. The second-order valence-corrected chi connectivity index (χ2v) is 7.45. The second-order valence-electron chi connectivity index (χ2n) is 7.45. The summed E-state index contributed by atoms with van der Waals surface area (Å²) in [7, 11) is 2.93. The lowest BCUT2D eigenvalue weighted by atomic mass is 9.88. The molecule has 2 N–H and O–H groups in total. The van der Waals surface area contributed by atoms with Gasteiger partial charge < -0.3 is 24.5 Å². The van der Waals surface area contributed by atoms with Gasteiger partial charge in [-0.15, -0.1) is 0 Å². The molecule has 1 atom stereocenters. The minimum absolute atomic E-state index is 0.0372. The van der Waals surface area contributed by atoms with E-state index >= 15 is 0 Å². The molecule has 1 unspecified atom stereocenters. The van der Waals surface area contributed by atoms with Gasteiger partial charge in [0.15, 0.2) is 11.5 Å². The molecule has 0 radical (unpaired) electrons. The van der Waals surface area contributed by atoms with Crippen LogP contribution in [0, 0.1) is 0 Å². The van der Waals surface area contributed by atoms with Crippen LogP contribution in [0.3, 0.4) is 0 Å². The third kappa shape index (κ3) is 3.99. The third-order valence-corrected chi connectivity index (χ3v) is 5.52. The van der Waals surface area contributed by atoms with Crippen molar-refractivity contribution in [1.82, 2.24) is 4.57 Å². The fourth-order valence-electron chi connectivity index (χ4n) is 4.02. The molecular weight excluding hydrogens is 441 g/mol. The fraction of sp³-hybridized carbons (Fsp3) is 0.217. The molecule has 10 heteroatoms. The molecule has 0 saturated heterocycles. The van der Waals surface area contributed by atoms with E-state index in [9.17, 15) is 27.9 Å². The number of methoxy groups -OCH3 is 2. The number of nitrogens with one attached hydrogen (secondary N) is 1. The molecule has 1 aromatic heterocycles. The monoisotopic (exact) mass is 460 g/mol. The lowest BCUT2D eigenvalue weighted by Crippen LogP contribution is -2.25. The molecule has 33 heavy (non-hydrogen) atoms. The fourth-order valence-corrected chi connectivity index (χ4v) is 4.02. The van der Waals surface area contributed by atoms with Gasteiger partial charge >= 0.3 is 12.1 Å². The topological polar surface area (TPSA) is 89.8 Å². The van der Waals surface area contributed by atoms with E-state index in [1.807, 2.05) is 0 Å². The maximum atomic E-state index is 13.3. The zero-order chi connectivity index (χ0) is 23.9. The van der Waals surface area contributed by atoms with Crippen LogP contribution in [0.1, 0.15) is 39.5 Å². The minimum atomic E-state index is -4.57. The first kappa shape index (κ1) is 22.3. The van der Waals surface area contributed by atoms with E-state index in [1.54, 1.807) is 18.2 Å². The normalized spacial score (nSPS) is 15.5. The number of alkyl halides is 3. The molecule has 172 valence electrons. The average Bonchev–Trinajstić information content (AvgIpc) is 3.17. The Morgan fingerprint density at radius 3 is 2.48 bits per heavy atom. The van der Waals surface area contributed by atoms with E-state index in [1.165, 1.54) is 37.1 Å². The maximum absolute atomic E-state index is 13.3.